The zero-order chi connectivity index (χ0) is 9.94. The van der Waals surface area contributed by atoms with Crippen LogP contribution in [0.25, 0.3) is 0 Å². The van der Waals surface area contributed by atoms with Crippen LogP contribution in [0.4, 0.5) is 13.2 Å². The summed E-state index contributed by atoms with van der Waals surface area (Å²) >= 11 is 0. The molecule has 0 rings (SSSR count). The first-order valence-corrected chi connectivity index (χ1v) is 3.29. The maximum atomic E-state index is 11.9. The Balaban J connectivity index is 4.10. The van der Waals surface area contributed by atoms with Crippen molar-refractivity contribution >= 4 is 5.97 Å². The molecule has 0 fully saturated rings. The van der Waals surface area contributed by atoms with Crippen molar-refractivity contribution in [2.45, 2.75) is 25.6 Å². The molecule has 0 aliphatic heterocycles. The molecule has 0 aliphatic rings. The van der Waals surface area contributed by atoms with Crippen LogP contribution in [0.5, 0.6) is 0 Å². The number of rotatable bonds is 3. The summed E-state index contributed by atoms with van der Waals surface area (Å²) in [6.45, 7) is 0.869. The summed E-state index contributed by atoms with van der Waals surface area (Å²) in [6.07, 6.45) is -5.09. The quantitative estimate of drug-likeness (QED) is 0.689. The maximum absolute atomic E-state index is 11.9. The van der Waals surface area contributed by atoms with E-state index in [0.29, 0.717) is 0 Å². The van der Waals surface area contributed by atoms with Crippen molar-refractivity contribution in [1.29, 1.82) is 0 Å². The van der Waals surface area contributed by atoms with Gasteiger partial charge >= 0.3 is 12.1 Å². The van der Waals surface area contributed by atoms with Gasteiger partial charge in [0.2, 0.25) is 0 Å². The van der Waals surface area contributed by atoms with Gasteiger partial charge in [0.25, 0.3) is 0 Å². The number of halogens is 3. The topological polar surface area (TPSA) is 63.3 Å². The Bertz CT molecular complexity index is 169. The van der Waals surface area contributed by atoms with Gasteiger partial charge in [-0.1, -0.05) is 6.92 Å². The molecule has 6 heteroatoms. The number of carboxylic acids is 1. The third-order valence-electron chi connectivity index (χ3n) is 1.57. The van der Waals surface area contributed by atoms with Crippen molar-refractivity contribution in [3.8, 4) is 0 Å². The molecule has 0 aromatic carbocycles. The van der Waals surface area contributed by atoms with Crippen molar-refractivity contribution in [3.05, 3.63) is 0 Å². The van der Waals surface area contributed by atoms with Crippen LogP contribution >= 0.6 is 0 Å². The van der Waals surface area contributed by atoms with Crippen LogP contribution in [-0.4, -0.2) is 23.3 Å². The largest absolute Gasteiger partial charge is 0.481 e. The molecule has 0 bridgehead atoms. The molecule has 0 aromatic heterocycles. The average Bonchev–Trinajstić information content (AvgIpc) is 1.82. The fraction of sp³-hybridized carbons (Fsp3) is 0.833. The maximum Gasteiger partial charge on any atom is 0.393 e. The van der Waals surface area contributed by atoms with Gasteiger partial charge in [-0.05, 0) is 0 Å². The second-order valence-electron chi connectivity index (χ2n) is 2.59. The summed E-state index contributed by atoms with van der Waals surface area (Å²) in [5.74, 6) is -3.10. The van der Waals surface area contributed by atoms with Gasteiger partial charge in [0.05, 0.1) is 12.3 Å². The number of nitrogens with two attached hydrogens (primary N) is 1. The molecule has 0 aliphatic carbocycles. The number of aliphatic carboxylic acids is 1. The summed E-state index contributed by atoms with van der Waals surface area (Å²) in [6, 6.07) is -1.37. The predicted octanol–water partition coefficient (Wildman–Crippen LogP) is 0.987. The highest BCUT2D eigenvalue weighted by Crippen LogP contribution is 2.28. The van der Waals surface area contributed by atoms with Crippen molar-refractivity contribution in [2.24, 2.45) is 11.7 Å². The summed E-state index contributed by atoms with van der Waals surface area (Å²) in [4.78, 5) is 9.99. The van der Waals surface area contributed by atoms with E-state index in [4.69, 9.17) is 10.8 Å². The molecule has 0 aromatic rings. The van der Waals surface area contributed by atoms with Crippen LogP contribution in [0.1, 0.15) is 13.3 Å². The van der Waals surface area contributed by atoms with E-state index in [-0.39, 0.29) is 0 Å². The van der Waals surface area contributed by atoms with E-state index < -0.39 is 30.5 Å². The van der Waals surface area contributed by atoms with Crippen molar-refractivity contribution in [2.75, 3.05) is 0 Å². The highest BCUT2D eigenvalue weighted by Gasteiger charge is 2.40. The van der Waals surface area contributed by atoms with Crippen LogP contribution in [0.2, 0.25) is 0 Å². The van der Waals surface area contributed by atoms with Crippen LogP contribution < -0.4 is 5.73 Å². The first kappa shape index (κ1) is 11.2. The molecule has 2 unspecified atom stereocenters. The van der Waals surface area contributed by atoms with Gasteiger partial charge in [0, 0.05) is 6.04 Å². The fourth-order valence-electron chi connectivity index (χ4n) is 0.621. The van der Waals surface area contributed by atoms with E-state index in [1.54, 1.807) is 0 Å². The Kier molecular flexibility index (Phi) is 3.51. The molecule has 0 saturated carbocycles. The molecular formula is C6H10F3NO2. The van der Waals surface area contributed by atoms with Gasteiger partial charge in [0.1, 0.15) is 0 Å². The SMILES string of the molecule is CC(C(N)CC(=O)O)C(F)(F)F. The standard InChI is InChI=1S/C6H10F3NO2/c1-3(6(7,8)9)4(10)2-5(11)12/h3-4H,2,10H2,1H3,(H,11,12). The lowest BCUT2D eigenvalue weighted by atomic mass is 10.00. The minimum absolute atomic E-state index is 0.666. The van der Waals surface area contributed by atoms with Gasteiger partial charge in [-0.25, -0.2) is 0 Å². The summed E-state index contributed by atoms with van der Waals surface area (Å²) in [5, 5.41) is 8.15. The van der Waals surface area contributed by atoms with E-state index in [1.807, 2.05) is 0 Å². The highest BCUT2D eigenvalue weighted by molar-refractivity contribution is 5.67. The molecule has 0 radical (unpaired) electrons. The monoisotopic (exact) mass is 185 g/mol. The fourth-order valence-corrected chi connectivity index (χ4v) is 0.621. The second kappa shape index (κ2) is 3.75. The van der Waals surface area contributed by atoms with Crippen molar-refractivity contribution in [3.63, 3.8) is 0 Å². The van der Waals surface area contributed by atoms with Gasteiger partial charge < -0.3 is 10.8 Å². The third kappa shape index (κ3) is 3.56. The molecule has 0 saturated heterocycles. The van der Waals surface area contributed by atoms with Crippen molar-refractivity contribution < 1.29 is 23.1 Å². The van der Waals surface area contributed by atoms with Gasteiger partial charge in [-0.15, -0.1) is 0 Å². The molecule has 3 nitrogen and oxygen atoms in total. The lowest BCUT2D eigenvalue weighted by Gasteiger charge is -2.20. The average molecular weight is 185 g/mol. The number of carboxylic acid groups (broad SMARTS) is 1. The second-order valence-corrected chi connectivity index (χ2v) is 2.59. The minimum Gasteiger partial charge on any atom is -0.481 e. The number of hydrogen-bond donors (Lipinski definition) is 2. The molecule has 0 heterocycles. The van der Waals surface area contributed by atoms with E-state index in [1.165, 1.54) is 0 Å². The number of alkyl halides is 3. The molecule has 72 valence electrons. The summed E-state index contributed by atoms with van der Waals surface area (Å²) in [5.41, 5.74) is 5.00. The van der Waals surface area contributed by atoms with Crippen LogP contribution in [-0.2, 0) is 4.79 Å². The molecule has 2 atom stereocenters. The predicted molar refractivity (Wildman–Crippen MR) is 35.4 cm³/mol. The zero-order valence-corrected chi connectivity index (χ0v) is 6.43. The molecule has 12 heavy (non-hydrogen) atoms. The first-order valence-electron chi connectivity index (χ1n) is 3.29. The lowest BCUT2D eigenvalue weighted by Crippen LogP contribution is -2.39. The van der Waals surface area contributed by atoms with Crippen molar-refractivity contribution in [1.82, 2.24) is 0 Å². The Morgan fingerprint density at radius 1 is 1.58 bits per heavy atom. The number of hydrogen-bond acceptors (Lipinski definition) is 2. The molecule has 0 spiro atoms. The van der Waals surface area contributed by atoms with Crippen LogP contribution in [0.15, 0.2) is 0 Å². The Morgan fingerprint density at radius 3 is 2.25 bits per heavy atom. The van der Waals surface area contributed by atoms with E-state index in [0.717, 1.165) is 6.92 Å². The van der Waals surface area contributed by atoms with Gasteiger partial charge in [-0.2, -0.15) is 13.2 Å². The smallest absolute Gasteiger partial charge is 0.393 e. The third-order valence-corrected chi connectivity index (χ3v) is 1.57. The molecular weight excluding hydrogens is 175 g/mol. The zero-order valence-electron chi connectivity index (χ0n) is 6.43. The van der Waals surface area contributed by atoms with Gasteiger partial charge in [0.15, 0.2) is 0 Å². The lowest BCUT2D eigenvalue weighted by molar-refractivity contribution is -0.176. The normalized spacial score (nSPS) is 17.1. The Labute approximate surface area is 67.4 Å². The van der Waals surface area contributed by atoms with Crippen LogP contribution in [0.3, 0.4) is 0 Å². The van der Waals surface area contributed by atoms with E-state index in [9.17, 15) is 18.0 Å². The summed E-state index contributed by atoms with van der Waals surface area (Å²) in [7, 11) is 0. The Hall–Kier alpha value is -0.780. The first-order chi connectivity index (χ1) is 5.25. The minimum atomic E-state index is -4.42. The van der Waals surface area contributed by atoms with E-state index in [2.05, 4.69) is 0 Å². The highest BCUT2D eigenvalue weighted by atomic mass is 19.4. The summed E-state index contributed by atoms with van der Waals surface area (Å²) < 4.78 is 35.6. The van der Waals surface area contributed by atoms with E-state index >= 15 is 0 Å². The Morgan fingerprint density at radius 2 is 2.00 bits per heavy atom. The molecule has 3 N–H and O–H groups in total. The van der Waals surface area contributed by atoms with Crippen LogP contribution in [0, 0.1) is 5.92 Å². The van der Waals surface area contributed by atoms with Gasteiger partial charge in [-0.3, -0.25) is 4.79 Å². The number of carbonyl (C=O) groups is 1. The molecule has 0 amide bonds.